The molecule has 2 rings (SSSR count). The molecule has 1 fully saturated rings. The molecule has 1 atom stereocenters. The van der Waals surface area contributed by atoms with Gasteiger partial charge in [0.25, 0.3) is 0 Å². The second kappa shape index (κ2) is 3.01. The molecule has 0 saturated heterocycles. The number of rotatable bonds is 2. The molecule has 0 aromatic rings. The van der Waals surface area contributed by atoms with Crippen LogP contribution in [0.1, 0.15) is 19.8 Å². The lowest BCUT2D eigenvalue weighted by molar-refractivity contribution is -0.119. The summed E-state index contributed by atoms with van der Waals surface area (Å²) in [7, 11) is 0. The van der Waals surface area contributed by atoms with Gasteiger partial charge in [0.15, 0.2) is 5.50 Å². The number of allylic oxidation sites excluding steroid dienone is 1. The Morgan fingerprint density at radius 1 is 1.75 bits per heavy atom. The van der Waals surface area contributed by atoms with Crippen molar-refractivity contribution < 1.29 is 4.79 Å². The van der Waals surface area contributed by atoms with E-state index >= 15 is 0 Å². The van der Waals surface area contributed by atoms with Gasteiger partial charge in [-0.3, -0.25) is 4.79 Å². The third-order valence-corrected chi connectivity index (χ3v) is 2.88. The molecule has 0 aromatic carbocycles. The van der Waals surface area contributed by atoms with E-state index in [-0.39, 0.29) is 11.4 Å². The molecule has 4 heteroatoms. The quantitative estimate of drug-likeness (QED) is 0.672. The third kappa shape index (κ3) is 1.75. The predicted octanol–water partition coefficient (Wildman–Crippen LogP) is 0.994. The SMILES string of the molecule is CC(=O)NC1NC(C2CC2)=CS1. The van der Waals surface area contributed by atoms with Gasteiger partial charge in [0, 0.05) is 12.6 Å². The predicted molar refractivity (Wildman–Crippen MR) is 49.1 cm³/mol. The lowest BCUT2D eigenvalue weighted by Gasteiger charge is -2.12. The van der Waals surface area contributed by atoms with E-state index in [4.69, 9.17) is 0 Å². The first-order valence-corrected chi connectivity index (χ1v) is 5.09. The first-order chi connectivity index (χ1) is 5.75. The van der Waals surface area contributed by atoms with Gasteiger partial charge in [-0.15, -0.1) is 0 Å². The van der Waals surface area contributed by atoms with Crippen molar-refractivity contribution in [2.24, 2.45) is 5.92 Å². The highest BCUT2D eigenvalue weighted by molar-refractivity contribution is 8.02. The van der Waals surface area contributed by atoms with Crippen molar-refractivity contribution >= 4 is 17.7 Å². The van der Waals surface area contributed by atoms with Crippen LogP contribution in [0.3, 0.4) is 0 Å². The zero-order valence-electron chi connectivity index (χ0n) is 6.96. The number of thioether (sulfide) groups is 1. The molecule has 0 bridgehead atoms. The molecule has 0 spiro atoms. The van der Waals surface area contributed by atoms with Gasteiger partial charge >= 0.3 is 0 Å². The van der Waals surface area contributed by atoms with E-state index < -0.39 is 0 Å². The van der Waals surface area contributed by atoms with Crippen LogP contribution in [0.2, 0.25) is 0 Å². The third-order valence-electron chi connectivity index (χ3n) is 1.98. The molecule has 66 valence electrons. The largest absolute Gasteiger partial charge is 0.359 e. The van der Waals surface area contributed by atoms with Crippen LogP contribution in [0.4, 0.5) is 0 Å². The van der Waals surface area contributed by atoms with Crippen LogP contribution in [0, 0.1) is 5.92 Å². The molecule has 1 unspecified atom stereocenters. The minimum absolute atomic E-state index is 0.0189. The molecule has 0 aromatic heterocycles. The smallest absolute Gasteiger partial charge is 0.219 e. The van der Waals surface area contributed by atoms with E-state index in [0.717, 1.165) is 5.92 Å². The first-order valence-electron chi connectivity index (χ1n) is 4.15. The maximum Gasteiger partial charge on any atom is 0.219 e. The molecule has 1 saturated carbocycles. The maximum atomic E-state index is 10.7. The standard InChI is InChI=1S/C8H12N2OS/c1-5(11)9-8-10-7(4-12-8)6-2-3-6/h4,6,8,10H,2-3H2,1H3,(H,9,11). The second-order valence-corrected chi connectivity index (χ2v) is 4.19. The summed E-state index contributed by atoms with van der Waals surface area (Å²) in [5.74, 6) is 0.765. The molecule has 1 aliphatic heterocycles. The van der Waals surface area contributed by atoms with E-state index in [2.05, 4.69) is 16.0 Å². The van der Waals surface area contributed by atoms with Crippen molar-refractivity contribution in [1.29, 1.82) is 0 Å². The van der Waals surface area contributed by atoms with E-state index in [1.165, 1.54) is 25.5 Å². The number of hydrogen-bond donors (Lipinski definition) is 2. The summed E-state index contributed by atoms with van der Waals surface area (Å²) in [6, 6.07) is 0. The van der Waals surface area contributed by atoms with Crippen molar-refractivity contribution in [2.75, 3.05) is 0 Å². The second-order valence-electron chi connectivity index (χ2n) is 3.21. The minimum atomic E-state index is 0.0189. The van der Waals surface area contributed by atoms with Crippen molar-refractivity contribution in [3.8, 4) is 0 Å². The highest BCUT2D eigenvalue weighted by atomic mass is 32.2. The van der Waals surface area contributed by atoms with Crippen molar-refractivity contribution in [2.45, 2.75) is 25.3 Å². The molecule has 2 aliphatic rings. The van der Waals surface area contributed by atoms with Crippen LogP contribution in [-0.4, -0.2) is 11.4 Å². The average molecular weight is 184 g/mol. The van der Waals surface area contributed by atoms with Crippen molar-refractivity contribution in [3.63, 3.8) is 0 Å². The normalized spacial score (nSPS) is 27.8. The summed E-state index contributed by atoms with van der Waals surface area (Å²) in [6.45, 7) is 1.54. The zero-order chi connectivity index (χ0) is 8.55. The minimum Gasteiger partial charge on any atom is -0.359 e. The molecule has 2 N–H and O–H groups in total. The summed E-state index contributed by atoms with van der Waals surface area (Å²) in [5.41, 5.74) is 1.37. The Balaban J connectivity index is 1.81. The Morgan fingerprint density at radius 2 is 2.50 bits per heavy atom. The van der Waals surface area contributed by atoms with Crippen LogP contribution in [0.15, 0.2) is 11.1 Å². The molecule has 12 heavy (non-hydrogen) atoms. The number of carbonyl (C=O) groups excluding carboxylic acids is 1. The number of carbonyl (C=O) groups is 1. The van der Waals surface area contributed by atoms with Gasteiger partial charge in [0.05, 0.1) is 0 Å². The van der Waals surface area contributed by atoms with Crippen LogP contribution in [0.5, 0.6) is 0 Å². The van der Waals surface area contributed by atoms with Gasteiger partial charge in [-0.25, -0.2) is 0 Å². The molecule has 1 heterocycles. The Bertz CT molecular complexity index is 235. The summed E-state index contributed by atoms with van der Waals surface area (Å²) in [6.07, 6.45) is 2.60. The highest BCUT2D eigenvalue weighted by Crippen LogP contribution is 2.39. The summed E-state index contributed by atoms with van der Waals surface area (Å²) in [4.78, 5) is 10.7. The van der Waals surface area contributed by atoms with Crippen LogP contribution in [0.25, 0.3) is 0 Å². The number of hydrogen-bond acceptors (Lipinski definition) is 3. The Morgan fingerprint density at radius 3 is 3.08 bits per heavy atom. The topological polar surface area (TPSA) is 41.1 Å². The Labute approximate surface area is 76.0 Å². The summed E-state index contributed by atoms with van der Waals surface area (Å²) < 4.78 is 0. The molecular weight excluding hydrogens is 172 g/mol. The van der Waals surface area contributed by atoms with Crippen molar-refractivity contribution in [1.82, 2.24) is 10.6 Å². The van der Waals surface area contributed by atoms with Gasteiger partial charge in [0.1, 0.15) is 0 Å². The van der Waals surface area contributed by atoms with Crippen LogP contribution >= 0.6 is 11.8 Å². The first kappa shape index (κ1) is 7.98. The fourth-order valence-corrected chi connectivity index (χ4v) is 2.21. The number of amides is 1. The monoisotopic (exact) mass is 184 g/mol. The molecule has 1 amide bonds. The fourth-order valence-electron chi connectivity index (χ4n) is 1.22. The Hall–Kier alpha value is -0.640. The molecular formula is C8H12N2OS. The van der Waals surface area contributed by atoms with Gasteiger partial charge in [-0.1, -0.05) is 11.8 Å². The van der Waals surface area contributed by atoms with E-state index in [1.54, 1.807) is 11.8 Å². The fraction of sp³-hybridized carbons (Fsp3) is 0.625. The average Bonchev–Trinajstić information content (AvgIpc) is 2.73. The van der Waals surface area contributed by atoms with Gasteiger partial charge in [-0.05, 0) is 24.2 Å². The van der Waals surface area contributed by atoms with E-state index in [9.17, 15) is 4.79 Å². The van der Waals surface area contributed by atoms with Gasteiger partial charge < -0.3 is 10.6 Å². The Kier molecular flexibility index (Phi) is 2.00. The van der Waals surface area contributed by atoms with Crippen molar-refractivity contribution in [3.05, 3.63) is 11.1 Å². The maximum absolute atomic E-state index is 10.7. The number of nitrogens with one attached hydrogen (secondary N) is 2. The zero-order valence-corrected chi connectivity index (χ0v) is 7.78. The van der Waals surface area contributed by atoms with Crippen LogP contribution < -0.4 is 10.6 Å². The summed E-state index contributed by atoms with van der Waals surface area (Å²) >= 11 is 1.64. The lowest BCUT2D eigenvalue weighted by Crippen LogP contribution is -2.38. The van der Waals surface area contributed by atoms with Gasteiger partial charge in [-0.2, -0.15) is 0 Å². The highest BCUT2D eigenvalue weighted by Gasteiger charge is 2.30. The summed E-state index contributed by atoms with van der Waals surface area (Å²) in [5, 5.41) is 8.21. The van der Waals surface area contributed by atoms with Gasteiger partial charge in [0.2, 0.25) is 5.91 Å². The molecule has 1 aliphatic carbocycles. The molecule has 0 radical (unpaired) electrons. The van der Waals surface area contributed by atoms with Crippen LogP contribution in [-0.2, 0) is 4.79 Å². The van der Waals surface area contributed by atoms with E-state index in [0.29, 0.717) is 0 Å². The van der Waals surface area contributed by atoms with E-state index in [1.807, 2.05) is 0 Å². The molecule has 3 nitrogen and oxygen atoms in total. The lowest BCUT2D eigenvalue weighted by atomic mass is 10.3.